The molecule has 0 aliphatic carbocycles. The molecule has 0 aliphatic rings. The van der Waals surface area contributed by atoms with Gasteiger partial charge in [-0.25, -0.2) is 4.98 Å². The topological polar surface area (TPSA) is 81.6 Å². The van der Waals surface area contributed by atoms with Crippen LogP contribution in [0.3, 0.4) is 0 Å². The highest BCUT2D eigenvalue weighted by Gasteiger charge is 2.10. The number of nitrogens with zero attached hydrogens (tertiary/aromatic N) is 2. The van der Waals surface area contributed by atoms with E-state index in [1.807, 2.05) is 23.6 Å². The number of hydrogen-bond acceptors (Lipinski definition) is 4. The van der Waals surface area contributed by atoms with Crippen molar-refractivity contribution in [1.29, 1.82) is 5.26 Å². The average Bonchev–Trinajstić information content (AvgIpc) is 3.25. The quantitative estimate of drug-likeness (QED) is 0.757. The van der Waals surface area contributed by atoms with Crippen LogP contribution in [-0.2, 0) is 6.42 Å². The number of thiophene rings is 1. The number of carbonyl (C=O) groups is 1. The molecule has 23 heavy (non-hydrogen) atoms. The van der Waals surface area contributed by atoms with Crippen LogP contribution in [0, 0.1) is 11.3 Å². The van der Waals surface area contributed by atoms with Crippen molar-refractivity contribution in [3.63, 3.8) is 0 Å². The van der Waals surface area contributed by atoms with Crippen LogP contribution in [0.15, 0.2) is 48.1 Å². The van der Waals surface area contributed by atoms with Crippen molar-refractivity contribution in [2.45, 2.75) is 6.42 Å². The van der Waals surface area contributed by atoms with Gasteiger partial charge in [-0.3, -0.25) is 4.79 Å². The molecular weight excluding hydrogens is 308 g/mol. The highest BCUT2D eigenvalue weighted by molar-refractivity contribution is 7.13. The zero-order valence-electron chi connectivity index (χ0n) is 12.2. The van der Waals surface area contributed by atoms with Gasteiger partial charge in [-0.2, -0.15) is 5.26 Å². The number of H-pyrrole nitrogens is 1. The Kier molecular flexibility index (Phi) is 4.50. The number of imidazole rings is 1. The summed E-state index contributed by atoms with van der Waals surface area (Å²) < 4.78 is 0. The van der Waals surface area contributed by atoms with Crippen LogP contribution >= 0.6 is 11.3 Å². The SMILES string of the molecule is N#Cc1cccc(C(=O)NCCc2[nH]cnc2-c2cccs2)c1. The van der Waals surface area contributed by atoms with E-state index in [1.165, 1.54) is 0 Å². The Morgan fingerprint density at radius 1 is 1.35 bits per heavy atom. The summed E-state index contributed by atoms with van der Waals surface area (Å²) in [4.78, 5) is 20.7. The van der Waals surface area contributed by atoms with Crippen molar-refractivity contribution in [2.75, 3.05) is 6.54 Å². The van der Waals surface area contributed by atoms with Gasteiger partial charge in [0.15, 0.2) is 0 Å². The van der Waals surface area contributed by atoms with Gasteiger partial charge in [0.2, 0.25) is 0 Å². The van der Waals surface area contributed by atoms with E-state index in [9.17, 15) is 4.79 Å². The average molecular weight is 322 g/mol. The first-order valence-electron chi connectivity index (χ1n) is 7.12. The van der Waals surface area contributed by atoms with Crippen molar-refractivity contribution < 1.29 is 4.79 Å². The predicted molar refractivity (Wildman–Crippen MR) is 89.1 cm³/mol. The molecule has 1 amide bonds. The number of aromatic amines is 1. The third-order valence-electron chi connectivity index (χ3n) is 3.39. The zero-order chi connectivity index (χ0) is 16.1. The summed E-state index contributed by atoms with van der Waals surface area (Å²) >= 11 is 1.64. The molecule has 6 heteroatoms. The van der Waals surface area contributed by atoms with Crippen molar-refractivity contribution in [3.8, 4) is 16.6 Å². The van der Waals surface area contributed by atoms with Crippen LogP contribution in [0.25, 0.3) is 10.6 Å². The number of nitrogens with one attached hydrogen (secondary N) is 2. The van der Waals surface area contributed by atoms with Gasteiger partial charge in [0.1, 0.15) is 5.69 Å². The molecule has 0 saturated heterocycles. The fourth-order valence-electron chi connectivity index (χ4n) is 2.27. The van der Waals surface area contributed by atoms with E-state index in [0.29, 0.717) is 24.1 Å². The number of benzene rings is 1. The van der Waals surface area contributed by atoms with E-state index < -0.39 is 0 Å². The number of amides is 1. The number of hydrogen-bond donors (Lipinski definition) is 2. The summed E-state index contributed by atoms with van der Waals surface area (Å²) in [5.74, 6) is -0.181. The van der Waals surface area contributed by atoms with Crippen molar-refractivity contribution >= 4 is 17.2 Å². The molecule has 2 N–H and O–H groups in total. The van der Waals surface area contributed by atoms with Gasteiger partial charge in [-0.05, 0) is 29.6 Å². The minimum absolute atomic E-state index is 0.181. The molecule has 0 atom stereocenters. The summed E-state index contributed by atoms with van der Waals surface area (Å²) in [5.41, 5.74) is 2.90. The second-order valence-electron chi connectivity index (χ2n) is 4.91. The van der Waals surface area contributed by atoms with Crippen LogP contribution in [0.5, 0.6) is 0 Å². The van der Waals surface area contributed by atoms with E-state index in [1.54, 1.807) is 41.9 Å². The van der Waals surface area contributed by atoms with Gasteiger partial charge >= 0.3 is 0 Å². The fraction of sp³-hybridized carbons (Fsp3) is 0.118. The smallest absolute Gasteiger partial charge is 0.251 e. The molecule has 5 nitrogen and oxygen atoms in total. The summed E-state index contributed by atoms with van der Waals surface area (Å²) in [6.07, 6.45) is 2.33. The molecule has 0 spiro atoms. The predicted octanol–water partition coefficient (Wildman–Crippen LogP) is 2.98. The molecule has 3 aromatic rings. The second kappa shape index (κ2) is 6.90. The summed E-state index contributed by atoms with van der Waals surface area (Å²) in [5, 5.41) is 13.8. The van der Waals surface area contributed by atoms with Crippen molar-refractivity contribution in [2.24, 2.45) is 0 Å². The molecule has 0 bridgehead atoms. The lowest BCUT2D eigenvalue weighted by atomic mass is 10.1. The van der Waals surface area contributed by atoms with E-state index >= 15 is 0 Å². The van der Waals surface area contributed by atoms with E-state index in [4.69, 9.17) is 5.26 Å². The minimum Gasteiger partial charge on any atom is -0.352 e. The standard InChI is InChI=1S/C17H14N4OS/c18-10-12-3-1-4-13(9-12)17(22)19-7-6-14-16(21-11-20-14)15-5-2-8-23-15/h1-5,8-9,11H,6-7H2,(H,19,22)(H,20,21). The maximum absolute atomic E-state index is 12.1. The van der Waals surface area contributed by atoms with E-state index in [0.717, 1.165) is 16.3 Å². The van der Waals surface area contributed by atoms with Gasteiger partial charge in [0, 0.05) is 24.2 Å². The van der Waals surface area contributed by atoms with Gasteiger partial charge < -0.3 is 10.3 Å². The fourth-order valence-corrected chi connectivity index (χ4v) is 3.02. The lowest BCUT2D eigenvalue weighted by molar-refractivity contribution is 0.0954. The van der Waals surface area contributed by atoms with Crippen LogP contribution < -0.4 is 5.32 Å². The molecular formula is C17H14N4OS. The zero-order valence-corrected chi connectivity index (χ0v) is 13.1. The number of nitriles is 1. The Labute approximate surface area is 137 Å². The number of carbonyl (C=O) groups excluding carboxylic acids is 1. The third-order valence-corrected chi connectivity index (χ3v) is 4.26. The van der Waals surface area contributed by atoms with Gasteiger partial charge in [-0.15, -0.1) is 11.3 Å². The first-order chi connectivity index (χ1) is 11.3. The maximum Gasteiger partial charge on any atom is 0.251 e. The van der Waals surface area contributed by atoms with Gasteiger partial charge in [-0.1, -0.05) is 12.1 Å². The normalized spacial score (nSPS) is 10.2. The summed E-state index contributed by atoms with van der Waals surface area (Å²) in [7, 11) is 0. The number of aromatic nitrogens is 2. The molecule has 2 aromatic heterocycles. The Morgan fingerprint density at radius 3 is 3.04 bits per heavy atom. The lowest BCUT2D eigenvalue weighted by Gasteiger charge is -2.05. The molecule has 3 rings (SSSR count). The Balaban J connectivity index is 1.61. The maximum atomic E-state index is 12.1. The van der Waals surface area contributed by atoms with Crippen LogP contribution in [-0.4, -0.2) is 22.4 Å². The molecule has 0 fully saturated rings. The third kappa shape index (κ3) is 3.47. The molecule has 2 heterocycles. The molecule has 114 valence electrons. The van der Waals surface area contributed by atoms with Crippen LogP contribution in [0.1, 0.15) is 21.6 Å². The van der Waals surface area contributed by atoms with Crippen molar-refractivity contribution in [1.82, 2.24) is 15.3 Å². The largest absolute Gasteiger partial charge is 0.352 e. The molecule has 0 unspecified atom stereocenters. The highest BCUT2D eigenvalue weighted by atomic mass is 32.1. The first kappa shape index (κ1) is 15.0. The Hall–Kier alpha value is -2.91. The lowest BCUT2D eigenvalue weighted by Crippen LogP contribution is -2.25. The van der Waals surface area contributed by atoms with Crippen LogP contribution in [0.4, 0.5) is 0 Å². The number of rotatable bonds is 5. The van der Waals surface area contributed by atoms with Gasteiger partial charge in [0.05, 0.1) is 22.8 Å². The van der Waals surface area contributed by atoms with Gasteiger partial charge in [0.25, 0.3) is 5.91 Å². The van der Waals surface area contributed by atoms with E-state index in [-0.39, 0.29) is 5.91 Å². The van der Waals surface area contributed by atoms with E-state index in [2.05, 4.69) is 15.3 Å². The first-order valence-corrected chi connectivity index (χ1v) is 8.00. The Morgan fingerprint density at radius 2 is 2.26 bits per heavy atom. The molecule has 0 aliphatic heterocycles. The Bertz CT molecular complexity index is 846. The second-order valence-corrected chi connectivity index (χ2v) is 5.85. The monoisotopic (exact) mass is 322 g/mol. The van der Waals surface area contributed by atoms with Crippen molar-refractivity contribution in [3.05, 3.63) is 64.9 Å². The molecule has 0 radical (unpaired) electrons. The summed E-state index contributed by atoms with van der Waals surface area (Å²) in [6.45, 7) is 0.496. The molecule has 0 saturated carbocycles. The van der Waals surface area contributed by atoms with Crippen LogP contribution in [0.2, 0.25) is 0 Å². The summed E-state index contributed by atoms with van der Waals surface area (Å²) in [6, 6.07) is 12.7. The minimum atomic E-state index is -0.181. The highest BCUT2D eigenvalue weighted by Crippen LogP contribution is 2.25. The molecule has 1 aromatic carbocycles.